The average molecular weight is 532 g/mol. The molecular formula is C28H25N3O6S. The molecular weight excluding hydrogens is 506 g/mol. The Morgan fingerprint density at radius 3 is 2.66 bits per heavy atom. The zero-order chi connectivity index (χ0) is 26.9. The molecule has 10 heteroatoms. The number of aromatic amines is 1. The van der Waals surface area contributed by atoms with Crippen LogP contribution in [0.5, 0.6) is 0 Å². The van der Waals surface area contributed by atoms with Gasteiger partial charge in [0, 0.05) is 12.6 Å². The lowest BCUT2D eigenvalue weighted by Gasteiger charge is -2.30. The molecule has 0 saturated carbocycles. The minimum atomic E-state index is -3.96. The van der Waals surface area contributed by atoms with Crippen molar-refractivity contribution in [1.29, 1.82) is 0 Å². The van der Waals surface area contributed by atoms with E-state index in [2.05, 4.69) is 4.98 Å². The van der Waals surface area contributed by atoms with Crippen LogP contribution in [-0.2, 0) is 26.0 Å². The Morgan fingerprint density at radius 2 is 1.84 bits per heavy atom. The largest absolute Gasteiger partial charge is 0.463 e. The van der Waals surface area contributed by atoms with Crippen LogP contribution in [0.15, 0.2) is 87.3 Å². The number of carbonyl (C=O) groups excluding carboxylic acids is 1. The summed E-state index contributed by atoms with van der Waals surface area (Å²) >= 11 is 0. The monoisotopic (exact) mass is 531 g/mol. The molecule has 0 spiro atoms. The lowest BCUT2D eigenvalue weighted by molar-refractivity contribution is -0.137. The molecule has 3 aromatic carbocycles. The van der Waals surface area contributed by atoms with E-state index in [1.165, 1.54) is 40.7 Å². The lowest BCUT2D eigenvalue weighted by atomic mass is 10.0. The molecule has 0 amide bonds. The number of carbonyl (C=O) groups is 1. The van der Waals surface area contributed by atoms with Crippen molar-refractivity contribution in [3.05, 3.63) is 105 Å². The van der Waals surface area contributed by atoms with Crippen LogP contribution in [0.3, 0.4) is 0 Å². The number of aryl methyl sites for hydroxylation is 1. The fourth-order valence-corrected chi connectivity index (χ4v) is 6.25. The number of hydrogen-bond donors (Lipinski definition) is 1. The first-order valence-corrected chi connectivity index (χ1v) is 13.6. The van der Waals surface area contributed by atoms with Crippen LogP contribution in [0.2, 0.25) is 0 Å². The van der Waals surface area contributed by atoms with Crippen LogP contribution in [0.4, 0.5) is 5.69 Å². The highest BCUT2D eigenvalue weighted by atomic mass is 32.2. The molecule has 1 aromatic heterocycles. The summed E-state index contributed by atoms with van der Waals surface area (Å²) in [7, 11) is -3.96. The minimum absolute atomic E-state index is 0.0337. The number of nitrogens with one attached hydrogen (secondary N) is 1. The fourth-order valence-electron chi connectivity index (χ4n) is 4.67. The van der Waals surface area contributed by atoms with E-state index in [1.54, 1.807) is 37.3 Å². The number of ether oxygens (including phenoxy) is 1. The molecule has 0 unspecified atom stereocenters. The predicted molar refractivity (Wildman–Crippen MR) is 145 cm³/mol. The molecule has 1 N–H and O–H groups in total. The number of esters is 1. The molecule has 194 valence electrons. The van der Waals surface area contributed by atoms with Crippen LogP contribution in [0, 0.1) is 0 Å². The molecule has 9 nitrogen and oxygen atoms in total. The molecule has 1 aliphatic rings. The molecule has 0 fully saturated rings. The zero-order valence-electron chi connectivity index (χ0n) is 20.6. The number of nitrogens with zero attached hydrogens (tertiary/aromatic N) is 2. The Hall–Kier alpha value is -4.44. The fraction of sp³-hybridized carbons (Fsp3) is 0.179. The number of H-pyrrole nitrogens is 1. The van der Waals surface area contributed by atoms with Crippen molar-refractivity contribution in [2.45, 2.75) is 24.7 Å². The van der Waals surface area contributed by atoms with Gasteiger partial charge in [-0.15, -0.1) is 0 Å². The van der Waals surface area contributed by atoms with E-state index in [1.807, 2.05) is 12.1 Å². The summed E-state index contributed by atoms with van der Waals surface area (Å²) in [6.45, 7) is 2.22. The average Bonchev–Trinajstić information content (AvgIpc) is 2.91. The maximum Gasteiger partial charge on any atom is 0.333 e. The Balaban J connectivity index is 1.62. The van der Waals surface area contributed by atoms with Crippen LogP contribution in [0.25, 0.3) is 22.7 Å². The Bertz CT molecular complexity index is 1800. The van der Waals surface area contributed by atoms with Gasteiger partial charge in [-0.3, -0.25) is 9.10 Å². The first-order chi connectivity index (χ1) is 18.3. The van der Waals surface area contributed by atoms with Crippen molar-refractivity contribution in [2.75, 3.05) is 17.5 Å². The number of fused-ring (bicyclic) bond motifs is 2. The van der Waals surface area contributed by atoms with Crippen LogP contribution >= 0.6 is 0 Å². The van der Waals surface area contributed by atoms with Gasteiger partial charge in [-0.1, -0.05) is 36.4 Å². The van der Waals surface area contributed by atoms with Gasteiger partial charge in [0.2, 0.25) is 0 Å². The molecule has 38 heavy (non-hydrogen) atoms. The van der Waals surface area contributed by atoms with Gasteiger partial charge in [0.25, 0.3) is 15.6 Å². The summed E-state index contributed by atoms with van der Waals surface area (Å²) in [4.78, 5) is 41.1. The third-order valence-electron chi connectivity index (χ3n) is 6.38. The van der Waals surface area contributed by atoms with E-state index in [9.17, 15) is 22.8 Å². The SMILES string of the molecule is CCOC(=O)C=Cc1cccc2[nH]c(=O)n(-c3cccc(S(=O)(=O)N4CCCc5ccccc54)c3)c(=O)c12. The highest BCUT2D eigenvalue weighted by Crippen LogP contribution is 2.32. The van der Waals surface area contributed by atoms with Gasteiger partial charge in [-0.05, 0) is 67.3 Å². The molecule has 0 bridgehead atoms. The van der Waals surface area contributed by atoms with E-state index in [0.29, 0.717) is 24.2 Å². The third kappa shape index (κ3) is 4.54. The predicted octanol–water partition coefficient (Wildman–Crippen LogP) is 3.40. The highest BCUT2D eigenvalue weighted by Gasteiger charge is 2.29. The standard InChI is InChI=1S/C28H25N3O6S/c1-2-37-25(32)16-15-20-9-5-13-23-26(20)27(33)31(28(34)29-23)21-11-6-12-22(18-21)38(35,36)30-17-7-10-19-8-3-4-14-24(19)30/h3-6,8-9,11-16,18H,2,7,10,17H2,1H3,(H,29,34). The molecule has 0 atom stereocenters. The van der Waals surface area contributed by atoms with Gasteiger partial charge in [0.05, 0.1) is 33.8 Å². The second kappa shape index (κ2) is 10.1. The van der Waals surface area contributed by atoms with Gasteiger partial charge in [0.1, 0.15) is 0 Å². The summed E-state index contributed by atoms with van der Waals surface area (Å²) in [6, 6.07) is 18.0. The van der Waals surface area contributed by atoms with Crippen molar-refractivity contribution >= 4 is 38.7 Å². The Kier molecular flexibility index (Phi) is 6.73. The molecule has 0 radical (unpaired) electrons. The summed E-state index contributed by atoms with van der Waals surface area (Å²) < 4.78 is 34.5. The normalized spacial score (nSPS) is 13.6. The van der Waals surface area contributed by atoms with Gasteiger partial charge in [0.15, 0.2) is 0 Å². The van der Waals surface area contributed by atoms with E-state index >= 15 is 0 Å². The van der Waals surface area contributed by atoms with Gasteiger partial charge in [-0.25, -0.2) is 22.6 Å². The second-order valence-electron chi connectivity index (χ2n) is 8.73. The topological polar surface area (TPSA) is 119 Å². The van der Waals surface area contributed by atoms with Gasteiger partial charge in [-0.2, -0.15) is 0 Å². The summed E-state index contributed by atoms with van der Waals surface area (Å²) in [5, 5.41) is 0.172. The maximum atomic E-state index is 13.7. The highest BCUT2D eigenvalue weighted by molar-refractivity contribution is 7.92. The Morgan fingerprint density at radius 1 is 1.05 bits per heavy atom. The summed E-state index contributed by atoms with van der Waals surface area (Å²) in [6.07, 6.45) is 4.12. The smallest absolute Gasteiger partial charge is 0.333 e. The second-order valence-corrected chi connectivity index (χ2v) is 10.6. The van der Waals surface area contributed by atoms with Crippen LogP contribution in [0.1, 0.15) is 24.5 Å². The first-order valence-electron chi connectivity index (χ1n) is 12.1. The van der Waals surface area contributed by atoms with E-state index in [0.717, 1.165) is 16.6 Å². The lowest BCUT2D eigenvalue weighted by Crippen LogP contribution is -2.36. The number of rotatable bonds is 6. The quantitative estimate of drug-likeness (QED) is 0.301. The van der Waals surface area contributed by atoms with E-state index in [4.69, 9.17) is 4.74 Å². The van der Waals surface area contributed by atoms with Crippen molar-refractivity contribution in [3.8, 4) is 5.69 Å². The number of anilines is 1. The molecule has 0 aliphatic carbocycles. The number of hydrogen-bond acceptors (Lipinski definition) is 6. The number of benzene rings is 3. The van der Waals surface area contributed by atoms with Crippen LogP contribution in [-0.4, -0.2) is 37.1 Å². The van der Waals surface area contributed by atoms with E-state index in [-0.39, 0.29) is 28.1 Å². The molecule has 5 rings (SSSR count). The molecule has 4 aromatic rings. The summed E-state index contributed by atoms with van der Waals surface area (Å²) in [5.74, 6) is -0.563. The van der Waals surface area contributed by atoms with Crippen LogP contribution < -0.4 is 15.6 Å². The molecule has 0 saturated heterocycles. The Labute approximate surface area is 218 Å². The number of sulfonamides is 1. The van der Waals surface area contributed by atoms with E-state index < -0.39 is 27.2 Å². The minimum Gasteiger partial charge on any atom is -0.463 e. The maximum absolute atomic E-state index is 13.7. The molecule has 2 heterocycles. The number of para-hydroxylation sites is 1. The van der Waals surface area contributed by atoms with Crippen molar-refractivity contribution in [2.24, 2.45) is 0 Å². The van der Waals surface area contributed by atoms with Crippen molar-refractivity contribution < 1.29 is 17.9 Å². The van der Waals surface area contributed by atoms with Gasteiger partial charge < -0.3 is 9.72 Å². The van der Waals surface area contributed by atoms with Crippen molar-refractivity contribution in [3.63, 3.8) is 0 Å². The van der Waals surface area contributed by atoms with Crippen molar-refractivity contribution in [1.82, 2.24) is 9.55 Å². The molecule has 1 aliphatic heterocycles. The van der Waals surface area contributed by atoms with Gasteiger partial charge >= 0.3 is 11.7 Å². The third-order valence-corrected chi connectivity index (χ3v) is 8.18. The first kappa shape index (κ1) is 25.2. The number of aromatic nitrogens is 2. The zero-order valence-corrected chi connectivity index (χ0v) is 21.4. The summed E-state index contributed by atoms with van der Waals surface area (Å²) in [5.41, 5.74) is 1.01.